The molecule has 8 nitrogen and oxygen atoms in total. The standard InChI is InChI=1S/C18H12N6O2/c1-10-4-11(6-19)7-21-16(10)18(25)22-15-5-13-14(8-20-15)23-24-17(13)12-2-3-26-9-12/h2-5,7-9H,1H3,(H,23,24)(H,20,22,25). The van der Waals surface area contributed by atoms with Crippen molar-refractivity contribution in [2.45, 2.75) is 6.92 Å². The lowest BCUT2D eigenvalue weighted by molar-refractivity contribution is 0.102. The molecule has 0 aromatic carbocycles. The monoisotopic (exact) mass is 344 g/mol. The summed E-state index contributed by atoms with van der Waals surface area (Å²) < 4.78 is 5.10. The van der Waals surface area contributed by atoms with Crippen molar-refractivity contribution in [2.24, 2.45) is 0 Å². The molecule has 4 rings (SSSR count). The molecule has 126 valence electrons. The second-order valence-electron chi connectivity index (χ2n) is 5.65. The van der Waals surface area contributed by atoms with Crippen LogP contribution < -0.4 is 5.32 Å². The third-order valence-corrected chi connectivity index (χ3v) is 3.91. The number of hydrogen-bond acceptors (Lipinski definition) is 6. The first-order chi connectivity index (χ1) is 12.7. The van der Waals surface area contributed by atoms with Crippen molar-refractivity contribution in [3.8, 4) is 17.3 Å². The second kappa shape index (κ2) is 6.14. The number of H-pyrrole nitrogens is 1. The number of fused-ring (bicyclic) bond motifs is 1. The van der Waals surface area contributed by atoms with Crippen molar-refractivity contribution >= 4 is 22.6 Å². The number of furan rings is 1. The van der Waals surface area contributed by atoms with Crippen LogP contribution in [0.2, 0.25) is 0 Å². The summed E-state index contributed by atoms with van der Waals surface area (Å²) >= 11 is 0. The Balaban J connectivity index is 1.66. The lowest BCUT2D eigenvalue weighted by Gasteiger charge is -2.06. The normalized spacial score (nSPS) is 10.6. The molecule has 0 unspecified atom stereocenters. The van der Waals surface area contributed by atoms with Crippen LogP contribution in [-0.4, -0.2) is 26.1 Å². The van der Waals surface area contributed by atoms with Gasteiger partial charge in [0, 0.05) is 17.1 Å². The van der Waals surface area contributed by atoms with Gasteiger partial charge in [-0.3, -0.25) is 9.89 Å². The number of aromatic nitrogens is 4. The van der Waals surface area contributed by atoms with Crippen LogP contribution in [0.5, 0.6) is 0 Å². The Kier molecular flexibility index (Phi) is 3.67. The summed E-state index contributed by atoms with van der Waals surface area (Å²) in [5.74, 6) is -0.0219. The van der Waals surface area contributed by atoms with E-state index in [1.165, 1.54) is 6.20 Å². The van der Waals surface area contributed by atoms with Gasteiger partial charge in [0.15, 0.2) is 0 Å². The van der Waals surface area contributed by atoms with Crippen molar-refractivity contribution in [1.82, 2.24) is 20.2 Å². The van der Waals surface area contributed by atoms with Crippen LogP contribution in [0.3, 0.4) is 0 Å². The molecular formula is C18H12N6O2. The van der Waals surface area contributed by atoms with Gasteiger partial charge in [0.05, 0.1) is 29.8 Å². The average Bonchev–Trinajstić information content (AvgIpc) is 3.30. The Morgan fingerprint density at radius 1 is 1.31 bits per heavy atom. The first kappa shape index (κ1) is 15.5. The van der Waals surface area contributed by atoms with Gasteiger partial charge in [-0.1, -0.05) is 0 Å². The highest BCUT2D eigenvalue weighted by molar-refractivity contribution is 6.04. The van der Waals surface area contributed by atoms with E-state index in [-0.39, 0.29) is 5.69 Å². The predicted octanol–water partition coefficient (Wildman–Crippen LogP) is 3.05. The van der Waals surface area contributed by atoms with E-state index in [4.69, 9.17) is 9.68 Å². The van der Waals surface area contributed by atoms with E-state index in [1.807, 2.05) is 6.07 Å². The Bertz CT molecular complexity index is 1150. The van der Waals surface area contributed by atoms with Crippen LogP contribution >= 0.6 is 0 Å². The fraction of sp³-hybridized carbons (Fsp3) is 0.0556. The highest BCUT2D eigenvalue weighted by atomic mass is 16.3. The highest BCUT2D eigenvalue weighted by Gasteiger charge is 2.15. The number of hydrogen-bond donors (Lipinski definition) is 2. The van der Waals surface area contributed by atoms with Gasteiger partial charge < -0.3 is 9.73 Å². The molecule has 4 aromatic heterocycles. The lowest BCUT2D eigenvalue weighted by Crippen LogP contribution is -2.16. The van der Waals surface area contributed by atoms with Gasteiger partial charge in [-0.15, -0.1) is 0 Å². The molecule has 2 N–H and O–H groups in total. The van der Waals surface area contributed by atoms with Crippen LogP contribution in [0.4, 0.5) is 5.82 Å². The number of nitrogens with zero attached hydrogens (tertiary/aromatic N) is 4. The minimum atomic E-state index is -0.396. The molecule has 0 radical (unpaired) electrons. The summed E-state index contributed by atoms with van der Waals surface area (Å²) in [6.07, 6.45) is 6.13. The summed E-state index contributed by atoms with van der Waals surface area (Å²) in [6, 6.07) is 7.15. The topological polar surface area (TPSA) is 120 Å². The number of rotatable bonds is 3. The maximum absolute atomic E-state index is 12.5. The van der Waals surface area contributed by atoms with E-state index < -0.39 is 5.91 Å². The van der Waals surface area contributed by atoms with Gasteiger partial charge in [0.1, 0.15) is 23.3 Å². The second-order valence-corrected chi connectivity index (χ2v) is 5.65. The maximum Gasteiger partial charge on any atom is 0.275 e. The van der Waals surface area contributed by atoms with Crippen molar-refractivity contribution in [2.75, 3.05) is 5.32 Å². The molecule has 0 fully saturated rings. The van der Waals surface area contributed by atoms with Gasteiger partial charge in [-0.25, -0.2) is 9.97 Å². The van der Waals surface area contributed by atoms with Crippen LogP contribution in [0.25, 0.3) is 22.2 Å². The number of carbonyl (C=O) groups is 1. The van der Waals surface area contributed by atoms with Crippen LogP contribution in [0, 0.1) is 18.3 Å². The van der Waals surface area contributed by atoms with Gasteiger partial charge in [-0.05, 0) is 30.7 Å². The van der Waals surface area contributed by atoms with E-state index in [1.54, 1.807) is 43.8 Å². The van der Waals surface area contributed by atoms with Crippen LogP contribution in [0.1, 0.15) is 21.6 Å². The number of pyridine rings is 2. The van der Waals surface area contributed by atoms with Crippen molar-refractivity contribution < 1.29 is 9.21 Å². The van der Waals surface area contributed by atoms with Gasteiger partial charge in [-0.2, -0.15) is 10.4 Å². The zero-order valence-corrected chi connectivity index (χ0v) is 13.6. The number of aromatic amines is 1. The van der Waals surface area contributed by atoms with Crippen molar-refractivity contribution in [1.29, 1.82) is 5.26 Å². The molecule has 4 heterocycles. The number of amides is 1. The van der Waals surface area contributed by atoms with E-state index in [9.17, 15) is 4.79 Å². The molecule has 0 aliphatic rings. The Morgan fingerprint density at radius 2 is 2.19 bits per heavy atom. The third-order valence-electron chi connectivity index (χ3n) is 3.91. The Hall–Kier alpha value is -3.99. The number of anilines is 1. The molecule has 0 saturated carbocycles. The third kappa shape index (κ3) is 2.67. The Morgan fingerprint density at radius 3 is 2.92 bits per heavy atom. The van der Waals surface area contributed by atoms with Gasteiger partial charge in [0.25, 0.3) is 5.91 Å². The smallest absolute Gasteiger partial charge is 0.275 e. The van der Waals surface area contributed by atoms with E-state index >= 15 is 0 Å². The molecule has 1 amide bonds. The van der Waals surface area contributed by atoms with E-state index in [0.717, 1.165) is 16.5 Å². The summed E-state index contributed by atoms with van der Waals surface area (Å²) in [5.41, 5.74) is 3.54. The average molecular weight is 344 g/mol. The number of aryl methyl sites for hydroxylation is 1. The number of carbonyl (C=O) groups excluding carboxylic acids is 1. The first-order valence-corrected chi connectivity index (χ1v) is 7.70. The largest absolute Gasteiger partial charge is 0.472 e. The quantitative estimate of drug-likeness (QED) is 0.589. The van der Waals surface area contributed by atoms with E-state index in [2.05, 4.69) is 25.5 Å². The SMILES string of the molecule is Cc1cc(C#N)cnc1C(=O)Nc1cc2c(-c3ccoc3)n[nH]c2cn1. The molecule has 8 heteroatoms. The first-order valence-electron chi connectivity index (χ1n) is 7.70. The number of nitriles is 1. The molecule has 0 saturated heterocycles. The molecule has 0 spiro atoms. The van der Waals surface area contributed by atoms with Crippen molar-refractivity contribution in [3.63, 3.8) is 0 Å². The Labute approximate surface area is 147 Å². The molecule has 26 heavy (non-hydrogen) atoms. The highest BCUT2D eigenvalue weighted by Crippen LogP contribution is 2.27. The molecule has 4 aromatic rings. The zero-order chi connectivity index (χ0) is 18.1. The maximum atomic E-state index is 12.5. The molecular weight excluding hydrogens is 332 g/mol. The minimum Gasteiger partial charge on any atom is -0.472 e. The van der Waals surface area contributed by atoms with Gasteiger partial charge in [0.2, 0.25) is 0 Å². The fourth-order valence-corrected chi connectivity index (χ4v) is 2.65. The summed E-state index contributed by atoms with van der Waals surface area (Å²) in [4.78, 5) is 20.8. The van der Waals surface area contributed by atoms with E-state index in [0.29, 0.717) is 22.6 Å². The molecule has 0 aliphatic carbocycles. The molecule has 0 aliphatic heterocycles. The lowest BCUT2D eigenvalue weighted by atomic mass is 10.1. The van der Waals surface area contributed by atoms with Crippen molar-refractivity contribution in [3.05, 3.63) is 59.9 Å². The zero-order valence-electron chi connectivity index (χ0n) is 13.6. The molecule has 0 bridgehead atoms. The summed E-state index contributed by atoms with van der Waals surface area (Å²) in [6.45, 7) is 1.73. The molecule has 0 atom stereocenters. The number of nitrogens with one attached hydrogen (secondary N) is 2. The fourth-order valence-electron chi connectivity index (χ4n) is 2.65. The predicted molar refractivity (Wildman–Crippen MR) is 93.2 cm³/mol. The van der Waals surface area contributed by atoms with Gasteiger partial charge >= 0.3 is 0 Å². The summed E-state index contributed by atoms with van der Waals surface area (Å²) in [5, 5.41) is 19.6. The minimum absolute atomic E-state index is 0.244. The van der Waals surface area contributed by atoms with Crippen LogP contribution in [0.15, 0.2) is 47.5 Å². The summed E-state index contributed by atoms with van der Waals surface area (Å²) in [7, 11) is 0. The van der Waals surface area contributed by atoms with Crippen LogP contribution in [-0.2, 0) is 0 Å².